The van der Waals surface area contributed by atoms with Crippen LogP contribution < -0.4 is 10.1 Å². The average molecular weight is 337 g/mol. The molecule has 0 aliphatic rings. The molecule has 0 saturated carbocycles. The van der Waals surface area contributed by atoms with Crippen LogP contribution in [0.5, 0.6) is 10.9 Å². The van der Waals surface area contributed by atoms with Crippen LogP contribution in [-0.4, -0.2) is 21.2 Å². The number of nitrogens with one attached hydrogen (secondary N) is 1. The number of hydrogen-bond acceptors (Lipinski definition) is 7. The second-order valence-electron chi connectivity index (χ2n) is 4.79. The molecule has 2 aromatic heterocycles. The van der Waals surface area contributed by atoms with Gasteiger partial charge < -0.3 is 14.6 Å². The van der Waals surface area contributed by atoms with Crippen molar-refractivity contribution in [1.82, 2.24) is 15.1 Å². The molecule has 3 rings (SSSR count). The lowest BCUT2D eigenvalue weighted by molar-refractivity contribution is 0.419. The maximum atomic E-state index is 6.23. The van der Waals surface area contributed by atoms with Gasteiger partial charge in [0.15, 0.2) is 0 Å². The summed E-state index contributed by atoms with van der Waals surface area (Å²) in [6.45, 7) is 4.10. The maximum absolute atomic E-state index is 6.23. The van der Waals surface area contributed by atoms with Crippen LogP contribution in [0.15, 0.2) is 35.3 Å². The smallest absolute Gasteiger partial charge is 0.279 e. The Morgan fingerprint density at radius 2 is 2.18 bits per heavy atom. The molecular weight excluding hydrogens is 324 g/mol. The van der Waals surface area contributed by atoms with Gasteiger partial charge in [-0.2, -0.15) is 4.98 Å². The van der Waals surface area contributed by atoms with Crippen molar-refractivity contribution in [2.24, 2.45) is 0 Å². The summed E-state index contributed by atoms with van der Waals surface area (Å²) in [6, 6.07) is 5.78. The minimum Gasteiger partial charge on any atom is -0.431 e. The molecule has 1 N–H and O–H groups in total. The van der Waals surface area contributed by atoms with Gasteiger partial charge in [0.25, 0.3) is 5.19 Å². The zero-order chi connectivity index (χ0) is 15.5. The number of rotatable bonds is 5. The predicted molar refractivity (Wildman–Crippen MR) is 85.7 cm³/mol. The number of nitrogens with zero attached hydrogens (tertiary/aromatic N) is 3. The Morgan fingerprint density at radius 3 is 2.86 bits per heavy atom. The van der Waals surface area contributed by atoms with E-state index in [0.29, 0.717) is 27.8 Å². The van der Waals surface area contributed by atoms with Crippen LogP contribution in [0.4, 0.5) is 5.69 Å². The van der Waals surface area contributed by atoms with Gasteiger partial charge in [-0.05, 0) is 26.0 Å². The number of benzene rings is 1. The van der Waals surface area contributed by atoms with E-state index in [9.17, 15) is 0 Å². The highest BCUT2D eigenvalue weighted by Crippen LogP contribution is 2.34. The fourth-order valence-electron chi connectivity index (χ4n) is 1.78. The molecule has 0 spiro atoms. The van der Waals surface area contributed by atoms with E-state index in [1.54, 1.807) is 12.3 Å². The highest BCUT2D eigenvalue weighted by molar-refractivity contribution is 7.16. The van der Waals surface area contributed by atoms with Crippen molar-refractivity contribution in [2.45, 2.75) is 19.9 Å². The number of aromatic nitrogens is 3. The summed E-state index contributed by atoms with van der Waals surface area (Å²) in [5.41, 5.74) is 0.871. The molecule has 8 heteroatoms. The molecule has 0 aliphatic carbocycles. The van der Waals surface area contributed by atoms with Crippen LogP contribution in [0.1, 0.15) is 13.8 Å². The van der Waals surface area contributed by atoms with Gasteiger partial charge in [0.1, 0.15) is 5.75 Å². The molecule has 1 aromatic carbocycles. The van der Waals surface area contributed by atoms with Crippen LogP contribution >= 0.6 is 22.9 Å². The molecule has 0 aliphatic heterocycles. The zero-order valence-corrected chi connectivity index (χ0v) is 13.5. The molecule has 0 saturated heterocycles. The van der Waals surface area contributed by atoms with E-state index in [0.717, 1.165) is 10.6 Å². The van der Waals surface area contributed by atoms with Crippen LogP contribution in [0.2, 0.25) is 5.02 Å². The van der Waals surface area contributed by atoms with Gasteiger partial charge in [0.2, 0.25) is 12.2 Å². The molecule has 0 radical (unpaired) electrons. The van der Waals surface area contributed by atoms with Gasteiger partial charge in [-0.1, -0.05) is 28.1 Å². The first-order chi connectivity index (χ1) is 10.6. The Balaban J connectivity index is 1.75. The first-order valence-electron chi connectivity index (χ1n) is 6.58. The monoisotopic (exact) mass is 336 g/mol. The quantitative estimate of drug-likeness (QED) is 0.741. The molecule has 6 nitrogen and oxygen atoms in total. The van der Waals surface area contributed by atoms with Crippen LogP contribution in [-0.2, 0) is 0 Å². The van der Waals surface area contributed by atoms with Gasteiger partial charge in [-0.3, -0.25) is 0 Å². The number of hydrogen-bond donors (Lipinski definition) is 1. The molecule has 0 fully saturated rings. The van der Waals surface area contributed by atoms with Crippen molar-refractivity contribution < 1.29 is 9.26 Å². The highest BCUT2D eigenvalue weighted by atomic mass is 35.5. The standard InChI is InChI=1S/C14H13ClN4O2S/c1-8(2)18-11-4-3-9(5-10(11)15)21-14-16-6-12(22-14)13-17-7-20-19-13/h3-8,18H,1-2H3. The van der Waals surface area contributed by atoms with Crippen LogP contribution in [0, 0.1) is 0 Å². The first-order valence-corrected chi connectivity index (χ1v) is 7.78. The Morgan fingerprint density at radius 1 is 1.32 bits per heavy atom. The summed E-state index contributed by atoms with van der Waals surface area (Å²) in [5, 5.41) is 8.10. The van der Waals surface area contributed by atoms with Crippen LogP contribution in [0.25, 0.3) is 10.7 Å². The predicted octanol–water partition coefficient (Wildman–Crippen LogP) is 4.46. The molecule has 3 aromatic rings. The Bertz CT molecular complexity index is 758. The lowest BCUT2D eigenvalue weighted by atomic mass is 10.2. The third-order valence-corrected chi connectivity index (χ3v) is 3.84. The molecule has 2 heterocycles. The highest BCUT2D eigenvalue weighted by Gasteiger charge is 2.11. The Hall–Kier alpha value is -2.12. The van der Waals surface area contributed by atoms with Crippen molar-refractivity contribution in [3.63, 3.8) is 0 Å². The fourth-order valence-corrected chi connectivity index (χ4v) is 2.72. The topological polar surface area (TPSA) is 73.1 Å². The molecule has 0 unspecified atom stereocenters. The van der Waals surface area contributed by atoms with E-state index in [1.807, 2.05) is 12.1 Å². The minimum absolute atomic E-state index is 0.306. The van der Waals surface area contributed by atoms with E-state index < -0.39 is 0 Å². The van der Waals surface area contributed by atoms with Gasteiger partial charge >= 0.3 is 0 Å². The van der Waals surface area contributed by atoms with E-state index >= 15 is 0 Å². The fraction of sp³-hybridized carbons (Fsp3) is 0.214. The third kappa shape index (κ3) is 3.37. The van der Waals surface area contributed by atoms with Crippen molar-refractivity contribution >= 4 is 28.6 Å². The number of ether oxygens (including phenoxy) is 1. The summed E-state index contributed by atoms with van der Waals surface area (Å²) in [4.78, 5) is 8.92. The molecular formula is C14H13ClN4O2S. The summed E-state index contributed by atoms with van der Waals surface area (Å²) >= 11 is 7.56. The largest absolute Gasteiger partial charge is 0.431 e. The normalized spacial score (nSPS) is 10.9. The molecule has 114 valence electrons. The lowest BCUT2D eigenvalue weighted by Crippen LogP contribution is -2.09. The van der Waals surface area contributed by atoms with Crippen molar-refractivity contribution in [3.8, 4) is 21.6 Å². The minimum atomic E-state index is 0.306. The van der Waals surface area contributed by atoms with Gasteiger partial charge in [-0.15, -0.1) is 0 Å². The lowest BCUT2D eigenvalue weighted by Gasteiger charge is -2.12. The van der Waals surface area contributed by atoms with Crippen molar-refractivity contribution in [3.05, 3.63) is 35.8 Å². The molecule has 22 heavy (non-hydrogen) atoms. The third-order valence-electron chi connectivity index (χ3n) is 2.66. The number of thiazole rings is 1. The van der Waals surface area contributed by atoms with Crippen molar-refractivity contribution in [2.75, 3.05) is 5.32 Å². The molecule has 0 bridgehead atoms. The summed E-state index contributed by atoms with van der Waals surface area (Å²) < 4.78 is 10.4. The van der Waals surface area contributed by atoms with Gasteiger partial charge in [-0.25, -0.2) is 4.98 Å². The van der Waals surface area contributed by atoms with E-state index in [1.165, 1.54) is 17.7 Å². The average Bonchev–Trinajstić information content (AvgIpc) is 3.12. The molecule has 0 atom stereocenters. The summed E-state index contributed by atoms with van der Waals surface area (Å²) in [6.07, 6.45) is 2.91. The van der Waals surface area contributed by atoms with E-state index in [4.69, 9.17) is 20.9 Å². The van der Waals surface area contributed by atoms with Gasteiger partial charge in [0.05, 0.1) is 21.8 Å². The van der Waals surface area contributed by atoms with E-state index in [-0.39, 0.29) is 0 Å². The second-order valence-corrected chi connectivity index (χ2v) is 6.19. The summed E-state index contributed by atoms with van der Waals surface area (Å²) in [7, 11) is 0. The van der Waals surface area contributed by atoms with Crippen LogP contribution in [0.3, 0.4) is 0 Å². The summed E-state index contributed by atoms with van der Waals surface area (Å²) in [5.74, 6) is 1.11. The zero-order valence-electron chi connectivity index (χ0n) is 11.9. The van der Waals surface area contributed by atoms with Gasteiger partial charge in [0, 0.05) is 12.1 Å². The Labute approximate surface area is 136 Å². The van der Waals surface area contributed by atoms with E-state index in [2.05, 4.69) is 34.3 Å². The second kappa shape index (κ2) is 6.33. The Kier molecular flexibility index (Phi) is 4.26. The maximum Gasteiger partial charge on any atom is 0.279 e. The first kappa shape index (κ1) is 14.8. The molecule has 0 amide bonds. The number of halogens is 1. The number of anilines is 1. The SMILES string of the molecule is CC(C)Nc1ccc(Oc2ncc(-c3ncon3)s2)cc1Cl. The van der Waals surface area contributed by atoms with Crippen molar-refractivity contribution in [1.29, 1.82) is 0 Å².